The minimum Gasteiger partial charge on any atom is -0.354 e. The van der Waals surface area contributed by atoms with E-state index >= 15 is 0 Å². The predicted octanol–water partition coefficient (Wildman–Crippen LogP) is 1.92. The molecule has 4 N–H and O–H groups in total. The number of hydrogen-bond donors (Lipinski definition) is 3. The number of benzene rings is 1. The number of nitrogens with one attached hydrogen (secondary N) is 2. The van der Waals surface area contributed by atoms with Crippen molar-refractivity contribution in [3.8, 4) is 0 Å². The van der Waals surface area contributed by atoms with Crippen molar-refractivity contribution in [2.24, 2.45) is 11.1 Å². The largest absolute Gasteiger partial charge is 0.354 e. The molecule has 0 fully saturated rings. The Hall–Kier alpha value is -0.860. The first-order chi connectivity index (χ1) is 10.8. The SMILES string of the molecule is CCC(CC)(CN)C(=O)NCCNS(=O)(=O)c1cccc(Cl)c1.Cl. The lowest BCUT2D eigenvalue weighted by molar-refractivity contribution is -0.130. The molecule has 0 aliphatic rings. The lowest BCUT2D eigenvalue weighted by Crippen LogP contribution is -2.47. The molecule has 0 radical (unpaired) electrons. The molecule has 0 aliphatic carbocycles. The quantitative estimate of drug-likeness (QED) is 0.553. The summed E-state index contributed by atoms with van der Waals surface area (Å²) in [5.74, 6) is -0.146. The summed E-state index contributed by atoms with van der Waals surface area (Å²) in [6, 6.07) is 6.00. The van der Waals surface area contributed by atoms with Crippen LogP contribution in [0.1, 0.15) is 26.7 Å². The summed E-state index contributed by atoms with van der Waals surface area (Å²) >= 11 is 5.79. The Kier molecular flexibility index (Phi) is 9.84. The van der Waals surface area contributed by atoms with Crippen LogP contribution in [0.5, 0.6) is 0 Å². The zero-order valence-corrected chi connectivity index (χ0v) is 16.2. The summed E-state index contributed by atoms with van der Waals surface area (Å²) < 4.78 is 26.6. The Morgan fingerprint density at radius 2 is 1.88 bits per heavy atom. The molecule has 1 aromatic carbocycles. The molecule has 1 rings (SSSR count). The van der Waals surface area contributed by atoms with Crippen LogP contribution in [-0.4, -0.2) is 34.0 Å². The maximum Gasteiger partial charge on any atom is 0.240 e. The van der Waals surface area contributed by atoms with Crippen LogP contribution in [0.4, 0.5) is 0 Å². The molecule has 0 atom stereocenters. The molecule has 1 amide bonds. The van der Waals surface area contributed by atoms with Gasteiger partial charge in [-0.2, -0.15) is 0 Å². The van der Waals surface area contributed by atoms with Gasteiger partial charge in [-0.3, -0.25) is 4.79 Å². The highest BCUT2D eigenvalue weighted by Gasteiger charge is 2.32. The van der Waals surface area contributed by atoms with E-state index in [4.69, 9.17) is 17.3 Å². The lowest BCUT2D eigenvalue weighted by Gasteiger charge is -2.28. The fraction of sp³-hybridized carbons (Fsp3) is 0.533. The lowest BCUT2D eigenvalue weighted by atomic mass is 9.81. The minimum atomic E-state index is -3.64. The summed E-state index contributed by atoms with van der Waals surface area (Å²) in [4.78, 5) is 12.3. The molecule has 0 bridgehead atoms. The third kappa shape index (κ3) is 5.89. The first-order valence-electron chi connectivity index (χ1n) is 7.55. The van der Waals surface area contributed by atoms with E-state index in [9.17, 15) is 13.2 Å². The third-order valence-electron chi connectivity index (χ3n) is 4.03. The fourth-order valence-electron chi connectivity index (χ4n) is 2.22. The molecule has 9 heteroatoms. The third-order valence-corrected chi connectivity index (χ3v) is 5.73. The molecule has 1 aromatic rings. The van der Waals surface area contributed by atoms with E-state index in [0.29, 0.717) is 17.9 Å². The number of carbonyl (C=O) groups is 1. The molecule has 0 spiro atoms. The number of carbonyl (C=O) groups excluding carboxylic acids is 1. The minimum absolute atomic E-state index is 0. The number of halogens is 2. The van der Waals surface area contributed by atoms with Gasteiger partial charge in [0.15, 0.2) is 0 Å². The molecule has 24 heavy (non-hydrogen) atoms. The normalized spacial score (nSPS) is 11.7. The molecular weight excluding hydrogens is 373 g/mol. The molecule has 0 saturated heterocycles. The van der Waals surface area contributed by atoms with Gasteiger partial charge in [0, 0.05) is 24.7 Å². The second-order valence-electron chi connectivity index (χ2n) is 5.30. The molecule has 0 heterocycles. The van der Waals surface area contributed by atoms with Gasteiger partial charge in [-0.1, -0.05) is 31.5 Å². The summed E-state index contributed by atoms with van der Waals surface area (Å²) in [5.41, 5.74) is 5.12. The second-order valence-corrected chi connectivity index (χ2v) is 7.51. The Labute approximate surface area is 155 Å². The first kappa shape index (κ1) is 23.1. The van der Waals surface area contributed by atoms with E-state index in [1.807, 2.05) is 13.8 Å². The van der Waals surface area contributed by atoms with Crippen LogP contribution in [-0.2, 0) is 14.8 Å². The van der Waals surface area contributed by atoms with Crippen molar-refractivity contribution in [1.82, 2.24) is 10.0 Å². The van der Waals surface area contributed by atoms with Gasteiger partial charge in [-0.15, -0.1) is 12.4 Å². The maximum absolute atomic E-state index is 12.2. The van der Waals surface area contributed by atoms with Gasteiger partial charge in [0.05, 0.1) is 10.3 Å². The van der Waals surface area contributed by atoms with Crippen LogP contribution >= 0.6 is 24.0 Å². The van der Waals surface area contributed by atoms with E-state index in [-0.39, 0.29) is 42.8 Å². The van der Waals surface area contributed by atoms with Gasteiger partial charge >= 0.3 is 0 Å². The first-order valence-corrected chi connectivity index (χ1v) is 9.41. The van der Waals surface area contributed by atoms with Crippen LogP contribution in [0, 0.1) is 5.41 Å². The van der Waals surface area contributed by atoms with E-state index in [1.54, 1.807) is 12.1 Å². The van der Waals surface area contributed by atoms with Crippen molar-refractivity contribution in [3.05, 3.63) is 29.3 Å². The molecule has 0 aromatic heterocycles. The molecule has 0 aliphatic heterocycles. The monoisotopic (exact) mass is 397 g/mol. The van der Waals surface area contributed by atoms with Crippen LogP contribution in [0.25, 0.3) is 0 Å². The summed E-state index contributed by atoms with van der Waals surface area (Å²) in [6.45, 7) is 4.38. The van der Waals surface area contributed by atoms with Crippen molar-refractivity contribution in [2.75, 3.05) is 19.6 Å². The highest BCUT2D eigenvalue weighted by molar-refractivity contribution is 7.89. The molecule has 138 valence electrons. The van der Waals surface area contributed by atoms with Crippen molar-refractivity contribution >= 4 is 39.9 Å². The molecule has 6 nitrogen and oxygen atoms in total. The maximum atomic E-state index is 12.2. The Morgan fingerprint density at radius 3 is 2.38 bits per heavy atom. The van der Waals surface area contributed by atoms with Gasteiger partial charge in [0.2, 0.25) is 15.9 Å². The smallest absolute Gasteiger partial charge is 0.240 e. The molecule has 0 saturated carbocycles. The highest BCUT2D eigenvalue weighted by Crippen LogP contribution is 2.24. The zero-order chi connectivity index (χ0) is 17.5. The van der Waals surface area contributed by atoms with Gasteiger partial charge in [0.1, 0.15) is 0 Å². The van der Waals surface area contributed by atoms with E-state index < -0.39 is 15.4 Å². The Morgan fingerprint density at radius 1 is 1.25 bits per heavy atom. The van der Waals surface area contributed by atoms with Gasteiger partial charge in [-0.25, -0.2) is 13.1 Å². The molecular formula is C15H25Cl2N3O3S. The summed E-state index contributed by atoms with van der Waals surface area (Å²) in [6.07, 6.45) is 1.28. The van der Waals surface area contributed by atoms with Gasteiger partial charge in [-0.05, 0) is 31.0 Å². The number of nitrogens with two attached hydrogens (primary N) is 1. The van der Waals surface area contributed by atoms with Crippen molar-refractivity contribution in [2.45, 2.75) is 31.6 Å². The predicted molar refractivity (Wildman–Crippen MR) is 99.0 cm³/mol. The van der Waals surface area contributed by atoms with Crippen molar-refractivity contribution < 1.29 is 13.2 Å². The Balaban J connectivity index is 0.00000529. The number of rotatable bonds is 9. The van der Waals surface area contributed by atoms with Crippen LogP contribution in [0.15, 0.2) is 29.2 Å². The van der Waals surface area contributed by atoms with Gasteiger partial charge in [0.25, 0.3) is 0 Å². The van der Waals surface area contributed by atoms with Crippen molar-refractivity contribution in [3.63, 3.8) is 0 Å². The van der Waals surface area contributed by atoms with E-state index in [0.717, 1.165) is 0 Å². The topological polar surface area (TPSA) is 101 Å². The second kappa shape index (κ2) is 10.2. The van der Waals surface area contributed by atoms with E-state index in [2.05, 4.69) is 10.0 Å². The number of sulfonamides is 1. The van der Waals surface area contributed by atoms with Crippen LogP contribution in [0.3, 0.4) is 0 Å². The van der Waals surface area contributed by atoms with E-state index in [1.165, 1.54) is 12.1 Å². The zero-order valence-electron chi connectivity index (χ0n) is 13.8. The summed E-state index contributed by atoms with van der Waals surface area (Å²) in [5, 5.41) is 3.09. The average molecular weight is 398 g/mol. The fourth-order valence-corrected chi connectivity index (χ4v) is 3.55. The molecule has 0 unspecified atom stereocenters. The number of amides is 1. The van der Waals surface area contributed by atoms with Gasteiger partial charge < -0.3 is 11.1 Å². The summed E-state index contributed by atoms with van der Waals surface area (Å²) in [7, 11) is -3.64. The van der Waals surface area contributed by atoms with Crippen LogP contribution < -0.4 is 15.8 Å². The van der Waals surface area contributed by atoms with Crippen molar-refractivity contribution in [1.29, 1.82) is 0 Å². The average Bonchev–Trinajstić information content (AvgIpc) is 2.54. The highest BCUT2D eigenvalue weighted by atomic mass is 35.5. The Bertz CT molecular complexity index is 626. The standard InChI is InChI=1S/C15H24ClN3O3S.ClH/c1-3-15(4-2,11-17)14(20)18-8-9-19-23(21,22)13-7-5-6-12(16)10-13;/h5-7,10,19H,3-4,8-9,11,17H2,1-2H3,(H,18,20);1H. The number of hydrogen-bond acceptors (Lipinski definition) is 4. The van der Waals surface area contributed by atoms with Crippen LogP contribution in [0.2, 0.25) is 5.02 Å².